The first-order valence-electron chi connectivity index (χ1n) is 8.42. The molecular formula is C20H18F3NO3. The third kappa shape index (κ3) is 5.10. The van der Waals surface area contributed by atoms with E-state index in [-0.39, 0.29) is 17.1 Å². The van der Waals surface area contributed by atoms with Gasteiger partial charge in [0.15, 0.2) is 5.78 Å². The minimum atomic E-state index is -2.89. The molecule has 27 heavy (non-hydrogen) atoms. The summed E-state index contributed by atoms with van der Waals surface area (Å²) in [7, 11) is 0. The topological polar surface area (TPSA) is 38.8 Å². The van der Waals surface area contributed by atoms with E-state index >= 15 is 0 Å². The fourth-order valence-corrected chi connectivity index (χ4v) is 2.75. The van der Waals surface area contributed by atoms with Crippen LogP contribution < -0.4 is 9.64 Å². The molecule has 3 rings (SSSR count). The molecule has 0 unspecified atom stereocenters. The molecule has 0 saturated carbocycles. The maximum atomic E-state index is 14.4. The van der Waals surface area contributed by atoms with Gasteiger partial charge in [-0.3, -0.25) is 4.79 Å². The zero-order valence-electron chi connectivity index (χ0n) is 14.4. The van der Waals surface area contributed by atoms with E-state index in [9.17, 15) is 18.0 Å². The van der Waals surface area contributed by atoms with Crippen LogP contribution in [0.25, 0.3) is 6.08 Å². The number of alkyl halides is 2. The lowest BCUT2D eigenvalue weighted by atomic mass is 10.1. The van der Waals surface area contributed by atoms with Crippen molar-refractivity contribution in [3.63, 3.8) is 0 Å². The van der Waals surface area contributed by atoms with E-state index in [2.05, 4.69) is 4.74 Å². The normalized spacial score (nSPS) is 14.7. The molecule has 0 aliphatic carbocycles. The van der Waals surface area contributed by atoms with E-state index in [0.717, 1.165) is 0 Å². The van der Waals surface area contributed by atoms with Gasteiger partial charge in [-0.25, -0.2) is 4.39 Å². The highest BCUT2D eigenvalue weighted by Crippen LogP contribution is 2.22. The third-order valence-electron chi connectivity index (χ3n) is 4.12. The molecule has 142 valence electrons. The molecule has 1 heterocycles. The first kappa shape index (κ1) is 19.0. The van der Waals surface area contributed by atoms with Crippen LogP contribution in [0.15, 0.2) is 48.5 Å². The average molecular weight is 377 g/mol. The minimum Gasteiger partial charge on any atom is -0.435 e. The summed E-state index contributed by atoms with van der Waals surface area (Å²) in [6.45, 7) is -0.581. The Morgan fingerprint density at radius 2 is 1.81 bits per heavy atom. The Kier molecular flexibility index (Phi) is 6.13. The number of hydrogen-bond donors (Lipinski definition) is 0. The number of hydrogen-bond acceptors (Lipinski definition) is 4. The number of nitrogens with zero attached hydrogens (tertiary/aromatic N) is 1. The lowest BCUT2D eigenvalue weighted by Gasteiger charge is -2.29. The van der Waals surface area contributed by atoms with Crippen LogP contribution >= 0.6 is 0 Å². The van der Waals surface area contributed by atoms with Crippen molar-refractivity contribution in [1.82, 2.24) is 0 Å². The molecule has 0 radical (unpaired) electrons. The van der Waals surface area contributed by atoms with Crippen LogP contribution in [-0.4, -0.2) is 38.7 Å². The quantitative estimate of drug-likeness (QED) is 0.560. The van der Waals surface area contributed by atoms with Crippen LogP contribution in [-0.2, 0) is 4.74 Å². The van der Waals surface area contributed by atoms with Crippen molar-refractivity contribution >= 4 is 17.5 Å². The molecule has 0 bridgehead atoms. The van der Waals surface area contributed by atoms with Crippen molar-refractivity contribution in [3.8, 4) is 5.75 Å². The van der Waals surface area contributed by atoms with Crippen LogP contribution in [0.3, 0.4) is 0 Å². The molecule has 2 aromatic carbocycles. The maximum absolute atomic E-state index is 14.4. The number of halogens is 3. The van der Waals surface area contributed by atoms with Gasteiger partial charge in [0.25, 0.3) is 0 Å². The van der Waals surface area contributed by atoms with Gasteiger partial charge in [0.2, 0.25) is 0 Å². The second-order valence-corrected chi connectivity index (χ2v) is 5.91. The molecule has 7 heteroatoms. The number of benzene rings is 2. The van der Waals surface area contributed by atoms with Crippen molar-refractivity contribution in [3.05, 3.63) is 65.5 Å². The summed E-state index contributed by atoms with van der Waals surface area (Å²) >= 11 is 0. The second kappa shape index (κ2) is 8.73. The Morgan fingerprint density at radius 3 is 2.44 bits per heavy atom. The Bertz CT molecular complexity index is 816. The number of allylic oxidation sites excluding steroid dienone is 1. The molecule has 0 amide bonds. The van der Waals surface area contributed by atoms with E-state index in [4.69, 9.17) is 4.74 Å². The van der Waals surface area contributed by atoms with E-state index in [0.29, 0.717) is 37.6 Å². The molecule has 1 fully saturated rings. The predicted octanol–water partition coefficient (Wildman–Crippen LogP) is 4.16. The van der Waals surface area contributed by atoms with Gasteiger partial charge in [-0.1, -0.05) is 18.2 Å². The highest BCUT2D eigenvalue weighted by Gasteiger charge is 2.16. The summed E-state index contributed by atoms with van der Waals surface area (Å²) in [6.07, 6.45) is 2.84. The van der Waals surface area contributed by atoms with E-state index < -0.39 is 12.4 Å². The van der Waals surface area contributed by atoms with Crippen molar-refractivity contribution in [2.75, 3.05) is 31.2 Å². The molecule has 2 aromatic rings. The standard InChI is InChI=1S/C20H18F3NO3/c21-17-13-15(4-7-18(17)24-9-11-26-12-10-24)19(25)8-3-14-1-5-16(6-2-14)27-20(22)23/h1-8,13,20H,9-12H2. The number of carbonyl (C=O) groups excluding carboxylic acids is 1. The van der Waals surface area contributed by atoms with Crippen LogP contribution in [0, 0.1) is 5.82 Å². The highest BCUT2D eigenvalue weighted by atomic mass is 19.3. The number of ether oxygens (including phenoxy) is 2. The van der Waals surface area contributed by atoms with Crippen molar-refractivity contribution < 1.29 is 27.4 Å². The molecular weight excluding hydrogens is 359 g/mol. The fourth-order valence-electron chi connectivity index (χ4n) is 2.75. The lowest BCUT2D eigenvalue weighted by molar-refractivity contribution is -0.0498. The summed E-state index contributed by atoms with van der Waals surface area (Å²) in [5.74, 6) is -0.769. The maximum Gasteiger partial charge on any atom is 0.387 e. The van der Waals surface area contributed by atoms with Crippen LogP contribution in [0.5, 0.6) is 5.75 Å². The molecule has 1 aliphatic heterocycles. The predicted molar refractivity (Wildman–Crippen MR) is 95.9 cm³/mol. The summed E-state index contributed by atoms with van der Waals surface area (Å²) in [5, 5.41) is 0. The highest BCUT2D eigenvalue weighted by molar-refractivity contribution is 6.07. The van der Waals surface area contributed by atoms with Crippen molar-refractivity contribution in [2.24, 2.45) is 0 Å². The Labute approximate surface area is 154 Å². The van der Waals surface area contributed by atoms with Crippen molar-refractivity contribution in [2.45, 2.75) is 6.61 Å². The molecule has 1 aliphatic rings. The number of morpholine rings is 1. The lowest BCUT2D eigenvalue weighted by Crippen LogP contribution is -2.36. The Morgan fingerprint density at radius 1 is 1.11 bits per heavy atom. The molecule has 0 N–H and O–H groups in total. The first-order chi connectivity index (χ1) is 13.0. The van der Waals surface area contributed by atoms with Gasteiger partial charge in [0, 0.05) is 18.7 Å². The monoisotopic (exact) mass is 377 g/mol. The fraction of sp³-hybridized carbons (Fsp3) is 0.250. The van der Waals surface area contributed by atoms with Gasteiger partial charge in [0.05, 0.1) is 18.9 Å². The average Bonchev–Trinajstić information content (AvgIpc) is 2.67. The summed E-state index contributed by atoms with van der Waals surface area (Å²) in [5.41, 5.74) is 1.32. The van der Waals surface area contributed by atoms with Gasteiger partial charge in [-0.05, 0) is 42.0 Å². The third-order valence-corrected chi connectivity index (χ3v) is 4.12. The Balaban J connectivity index is 1.66. The minimum absolute atomic E-state index is 0.0363. The molecule has 0 aromatic heterocycles. The molecule has 1 saturated heterocycles. The van der Waals surface area contributed by atoms with Crippen LogP contribution in [0.1, 0.15) is 15.9 Å². The number of anilines is 1. The smallest absolute Gasteiger partial charge is 0.387 e. The SMILES string of the molecule is O=C(C=Cc1ccc(OC(F)F)cc1)c1ccc(N2CCOCC2)c(F)c1. The molecule has 0 atom stereocenters. The largest absolute Gasteiger partial charge is 0.435 e. The number of rotatable bonds is 6. The van der Waals surface area contributed by atoms with Crippen LogP contribution in [0.2, 0.25) is 0 Å². The molecule has 4 nitrogen and oxygen atoms in total. The van der Waals surface area contributed by atoms with E-state index in [1.165, 1.54) is 30.4 Å². The zero-order chi connectivity index (χ0) is 19.2. The van der Waals surface area contributed by atoms with Gasteiger partial charge in [0.1, 0.15) is 11.6 Å². The van der Waals surface area contributed by atoms with Gasteiger partial charge in [-0.2, -0.15) is 8.78 Å². The Hall–Kier alpha value is -2.80. The van der Waals surface area contributed by atoms with Gasteiger partial charge in [-0.15, -0.1) is 0 Å². The van der Waals surface area contributed by atoms with E-state index in [1.54, 1.807) is 24.3 Å². The van der Waals surface area contributed by atoms with Gasteiger partial charge < -0.3 is 14.4 Å². The second-order valence-electron chi connectivity index (χ2n) is 5.91. The summed E-state index contributed by atoms with van der Waals surface area (Å²) in [4.78, 5) is 14.1. The zero-order valence-corrected chi connectivity index (χ0v) is 14.4. The first-order valence-corrected chi connectivity index (χ1v) is 8.42. The summed E-state index contributed by atoms with van der Waals surface area (Å²) < 4.78 is 48.1. The molecule has 0 spiro atoms. The number of ketones is 1. The summed E-state index contributed by atoms with van der Waals surface area (Å²) in [6, 6.07) is 10.3. The van der Waals surface area contributed by atoms with Crippen LogP contribution in [0.4, 0.5) is 18.9 Å². The van der Waals surface area contributed by atoms with E-state index in [1.807, 2.05) is 4.90 Å². The van der Waals surface area contributed by atoms with Crippen molar-refractivity contribution in [1.29, 1.82) is 0 Å². The van der Waals surface area contributed by atoms with Gasteiger partial charge >= 0.3 is 6.61 Å². The number of carbonyl (C=O) groups is 1.